The van der Waals surface area contributed by atoms with Crippen molar-refractivity contribution in [3.05, 3.63) is 48.0 Å². The smallest absolute Gasteiger partial charge is 0.145 e. The fourth-order valence-corrected chi connectivity index (χ4v) is 2.08. The molecule has 2 aromatic rings. The number of benzene rings is 2. The highest BCUT2D eigenvalue weighted by atomic mass is 16.5. The molecule has 2 rings (SSSR count). The molecule has 0 aliphatic carbocycles. The van der Waals surface area contributed by atoms with Gasteiger partial charge in [0.2, 0.25) is 0 Å². The van der Waals surface area contributed by atoms with Crippen molar-refractivity contribution in [3.63, 3.8) is 0 Å². The van der Waals surface area contributed by atoms with Gasteiger partial charge in [-0.15, -0.1) is 0 Å². The number of hydrogen-bond donors (Lipinski definition) is 1. The number of methoxy groups -OCH3 is 3. The summed E-state index contributed by atoms with van der Waals surface area (Å²) in [6.07, 6.45) is 0.930. The lowest BCUT2D eigenvalue weighted by molar-refractivity contribution is 0.395. The average molecular weight is 287 g/mol. The number of nitrogens with one attached hydrogen (secondary N) is 1. The molecule has 0 atom stereocenters. The summed E-state index contributed by atoms with van der Waals surface area (Å²) in [5.41, 5.74) is 2.22. The molecule has 0 fully saturated rings. The van der Waals surface area contributed by atoms with E-state index in [1.807, 2.05) is 30.3 Å². The largest absolute Gasteiger partial charge is 0.497 e. The van der Waals surface area contributed by atoms with Crippen molar-refractivity contribution in [2.24, 2.45) is 0 Å². The molecule has 0 unspecified atom stereocenters. The van der Waals surface area contributed by atoms with E-state index < -0.39 is 0 Å². The lowest BCUT2D eigenvalue weighted by atomic mass is 10.1. The highest BCUT2D eigenvalue weighted by Crippen LogP contribution is 2.28. The standard InChI is InChI=1S/C17H21NO3/c1-19-14-6-4-13(5-7-14)10-11-18-16-9-8-15(20-2)12-17(16)21-3/h4-9,12,18H,10-11H2,1-3H3. The highest BCUT2D eigenvalue weighted by molar-refractivity contribution is 5.59. The molecular weight excluding hydrogens is 266 g/mol. The highest BCUT2D eigenvalue weighted by Gasteiger charge is 2.04. The third-order valence-corrected chi connectivity index (χ3v) is 3.30. The third-order valence-electron chi connectivity index (χ3n) is 3.30. The Morgan fingerprint density at radius 2 is 1.48 bits per heavy atom. The van der Waals surface area contributed by atoms with Crippen LogP contribution in [0.2, 0.25) is 0 Å². The zero-order valence-corrected chi connectivity index (χ0v) is 12.7. The Hall–Kier alpha value is -2.36. The Kier molecular flexibility index (Phi) is 5.32. The molecule has 1 N–H and O–H groups in total. The monoisotopic (exact) mass is 287 g/mol. The van der Waals surface area contributed by atoms with Crippen molar-refractivity contribution in [1.29, 1.82) is 0 Å². The lowest BCUT2D eigenvalue weighted by Crippen LogP contribution is -2.06. The molecule has 4 nitrogen and oxygen atoms in total. The van der Waals surface area contributed by atoms with Crippen LogP contribution in [-0.2, 0) is 6.42 Å². The average Bonchev–Trinajstić information content (AvgIpc) is 2.55. The van der Waals surface area contributed by atoms with E-state index in [1.165, 1.54) is 5.56 Å². The van der Waals surface area contributed by atoms with Crippen molar-refractivity contribution >= 4 is 5.69 Å². The summed E-state index contributed by atoms with van der Waals surface area (Å²) in [5.74, 6) is 2.44. The van der Waals surface area contributed by atoms with E-state index in [-0.39, 0.29) is 0 Å². The summed E-state index contributed by atoms with van der Waals surface area (Å²) in [6, 6.07) is 13.9. The second kappa shape index (κ2) is 7.43. The Morgan fingerprint density at radius 1 is 0.810 bits per heavy atom. The van der Waals surface area contributed by atoms with Gasteiger partial charge in [-0.1, -0.05) is 12.1 Å². The number of anilines is 1. The molecule has 0 amide bonds. The molecule has 2 aromatic carbocycles. The molecule has 0 saturated heterocycles. The van der Waals surface area contributed by atoms with Crippen LogP contribution >= 0.6 is 0 Å². The summed E-state index contributed by atoms with van der Waals surface area (Å²) in [6.45, 7) is 0.828. The van der Waals surface area contributed by atoms with Crippen molar-refractivity contribution in [1.82, 2.24) is 0 Å². The van der Waals surface area contributed by atoms with Gasteiger partial charge < -0.3 is 19.5 Å². The Balaban J connectivity index is 1.93. The van der Waals surface area contributed by atoms with Crippen LogP contribution in [0, 0.1) is 0 Å². The van der Waals surface area contributed by atoms with Crippen molar-refractivity contribution in [2.45, 2.75) is 6.42 Å². The Morgan fingerprint density at radius 3 is 2.10 bits per heavy atom. The normalized spacial score (nSPS) is 10.0. The number of hydrogen-bond acceptors (Lipinski definition) is 4. The molecule has 0 radical (unpaired) electrons. The maximum absolute atomic E-state index is 5.36. The van der Waals surface area contributed by atoms with Gasteiger partial charge in [0, 0.05) is 12.6 Å². The maximum atomic E-state index is 5.36. The van der Waals surface area contributed by atoms with Crippen LogP contribution in [0.4, 0.5) is 5.69 Å². The van der Waals surface area contributed by atoms with Crippen LogP contribution in [0.1, 0.15) is 5.56 Å². The number of ether oxygens (including phenoxy) is 3. The molecule has 0 aliphatic heterocycles. The van der Waals surface area contributed by atoms with E-state index in [0.717, 1.165) is 35.9 Å². The first-order chi connectivity index (χ1) is 10.3. The predicted molar refractivity (Wildman–Crippen MR) is 84.7 cm³/mol. The number of rotatable bonds is 7. The summed E-state index contributed by atoms with van der Waals surface area (Å²) in [4.78, 5) is 0. The van der Waals surface area contributed by atoms with Gasteiger partial charge in [-0.25, -0.2) is 0 Å². The van der Waals surface area contributed by atoms with Gasteiger partial charge in [-0.3, -0.25) is 0 Å². The van der Waals surface area contributed by atoms with Crippen LogP contribution < -0.4 is 19.5 Å². The van der Waals surface area contributed by atoms with Gasteiger partial charge in [0.25, 0.3) is 0 Å². The molecule has 0 aromatic heterocycles. The third kappa shape index (κ3) is 4.05. The fraction of sp³-hybridized carbons (Fsp3) is 0.294. The van der Waals surface area contributed by atoms with E-state index in [0.29, 0.717) is 0 Å². The Labute approximate surface area is 125 Å². The van der Waals surface area contributed by atoms with Gasteiger partial charge in [0.1, 0.15) is 17.2 Å². The summed E-state index contributed by atoms with van der Waals surface area (Å²) >= 11 is 0. The second-order valence-electron chi connectivity index (χ2n) is 4.59. The van der Waals surface area contributed by atoms with Gasteiger partial charge in [-0.2, -0.15) is 0 Å². The quantitative estimate of drug-likeness (QED) is 0.847. The van der Waals surface area contributed by atoms with Gasteiger partial charge >= 0.3 is 0 Å². The summed E-state index contributed by atoms with van der Waals surface area (Å²) < 4.78 is 15.7. The topological polar surface area (TPSA) is 39.7 Å². The van der Waals surface area contributed by atoms with E-state index in [9.17, 15) is 0 Å². The van der Waals surface area contributed by atoms with Crippen LogP contribution in [0.3, 0.4) is 0 Å². The minimum atomic E-state index is 0.782. The van der Waals surface area contributed by atoms with Crippen molar-refractivity contribution in [2.75, 3.05) is 33.2 Å². The van der Waals surface area contributed by atoms with Gasteiger partial charge in [-0.05, 0) is 36.2 Å². The molecule has 0 spiro atoms. The SMILES string of the molecule is COc1ccc(CCNc2ccc(OC)cc2OC)cc1. The first-order valence-corrected chi connectivity index (χ1v) is 6.85. The fourth-order valence-electron chi connectivity index (χ4n) is 2.08. The molecule has 0 saturated carbocycles. The lowest BCUT2D eigenvalue weighted by Gasteiger charge is -2.12. The van der Waals surface area contributed by atoms with E-state index in [2.05, 4.69) is 17.4 Å². The molecule has 112 valence electrons. The molecule has 4 heteroatoms. The first kappa shape index (κ1) is 15.0. The van der Waals surface area contributed by atoms with Gasteiger partial charge in [0.15, 0.2) is 0 Å². The predicted octanol–water partition coefficient (Wildman–Crippen LogP) is 3.37. The second-order valence-corrected chi connectivity index (χ2v) is 4.59. The zero-order valence-electron chi connectivity index (χ0n) is 12.7. The van der Waals surface area contributed by atoms with Crippen LogP contribution in [0.25, 0.3) is 0 Å². The van der Waals surface area contributed by atoms with Crippen LogP contribution in [-0.4, -0.2) is 27.9 Å². The molecule has 0 heterocycles. The molecule has 21 heavy (non-hydrogen) atoms. The Bertz CT molecular complexity index is 567. The zero-order chi connectivity index (χ0) is 15.1. The molecular formula is C17H21NO3. The molecule has 0 bridgehead atoms. The summed E-state index contributed by atoms with van der Waals surface area (Å²) in [5, 5.41) is 3.38. The first-order valence-electron chi connectivity index (χ1n) is 6.85. The maximum Gasteiger partial charge on any atom is 0.145 e. The van der Waals surface area contributed by atoms with Crippen molar-refractivity contribution in [3.8, 4) is 17.2 Å². The summed E-state index contributed by atoms with van der Waals surface area (Å²) in [7, 11) is 4.97. The van der Waals surface area contributed by atoms with E-state index >= 15 is 0 Å². The van der Waals surface area contributed by atoms with E-state index in [1.54, 1.807) is 21.3 Å². The van der Waals surface area contributed by atoms with Gasteiger partial charge in [0.05, 0.1) is 27.0 Å². The minimum absolute atomic E-state index is 0.782. The van der Waals surface area contributed by atoms with Crippen LogP contribution in [0.15, 0.2) is 42.5 Å². The van der Waals surface area contributed by atoms with Crippen LogP contribution in [0.5, 0.6) is 17.2 Å². The molecule has 0 aliphatic rings. The van der Waals surface area contributed by atoms with Crippen molar-refractivity contribution < 1.29 is 14.2 Å². The van der Waals surface area contributed by atoms with E-state index in [4.69, 9.17) is 14.2 Å². The minimum Gasteiger partial charge on any atom is -0.497 e.